The zero-order valence-electron chi connectivity index (χ0n) is 21.7. The molecular weight excluding hydrogens is 500 g/mol. The predicted octanol–water partition coefficient (Wildman–Crippen LogP) is 3.09. The molecule has 2 rings (SSSR count). The molecule has 0 saturated carbocycles. The van der Waals surface area contributed by atoms with Gasteiger partial charge in [0.2, 0.25) is 21.8 Å². The third-order valence-corrected chi connectivity index (χ3v) is 7.03. The summed E-state index contributed by atoms with van der Waals surface area (Å²) in [7, 11) is -2.79. The van der Waals surface area contributed by atoms with Crippen molar-refractivity contribution in [2.45, 2.75) is 52.2 Å². The standard InChI is InChI=1S/C25H34N4O7S/c1-6-18(3)26-25(31)21(7-2)27(16-19-11-9-8-10-12-19)24(30)17-28(37(5,34)35)22-15-20(29(32)33)13-14-23(22)36-4/h8-15,18,21H,6-7,16-17H2,1-5H3,(H,26,31)/t18-,21-/m0/s1. The maximum absolute atomic E-state index is 13.7. The maximum Gasteiger partial charge on any atom is 0.271 e. The van der Waals surface area contributed by atoms with Gasteiger partial charge in [-0.3, -0.25) is 24.0 Å². The third-order valence-electron chi connectivity index (χ3n) is 5.90. The molecule has 0 bridgehead atoms. The Morgan fingerprint density at radius 3 is 2.27 bits per heavy atom. The summed E-state index contributed by atoms with van der Waals surface area (Å²) in [6.45, 7) is 4.93. The first kappa shape index (κ1) is 29.6. The lowest BCUT2D eigenvalue weighted by atomic mass is 10.1. The molecule has 37 heavy (non-hydrogen) atoms. The van der Waals surface area contributed by atoms with Gasteiger partial charge in [0.05, 0.1) is 18.3 Å². The van der Waals surface area contributed by atoms with Crippen LogP contribution in [0.2, 0.25) is 0 Å². The normalized spacial score (nSPS) is 12.8. The Kier molecular flexibility index (Phi) is 10.4. The average molecular weight is 535 g/mol. The molecule has 11 nitrogen and oxygen atoms in total. The summed E-state index contributed by atoms with van der Waals surface area (Å²) in [5, 5.41) is 14.2. The molecule has 0 heterocycles. The van der Waals surface area contributed by atoms with Gasteiger partial charge in [-0.05, 0) is 31.4 Å². The van der Waals surface area contributed by atoms with Crippen LogP contribution in [0.25, 0.3) is 0 Å². The van der Waals surface area contributed by atoms with Crippen LogP contribution in [-0.2, 0) is 26.2 Å². The summed E-state index contributed by atoms with van der Waals surface area (Å²) >= 11 is 0. The number of non-ortho nitro benzene ring substituents is 1. The van der Waals surface area contributed by atoms with E-state index in [1.807, 2.05) is 19.9 Å². The van der Waals surface area contributed by atoms with Gasteiger partial charge in [0, 0.05) is 24.7 Å². The Hall–Kier alpha value is -3.67. The highest BCUT2D eigenvalue weighted by Gasteiger charge is 2.33. The molecule has 2 aromatic carbocycles. The van der Waals surface area contributed by atoms with E-state index < -0.39 is 33.4 Å². The van der Waals surface area contributed by atoms with Crippen LogP contribution in [0.5, 0.6) is 5.75 Å². The lowest BCUT2D eigenvalue weighted by Gasteiger charge is -2.33. The molecule has 12 heteroatoms. The molecule has 0 aliphatic carbocycles. The first-order valence-electron chi connectivity index (χ1n) is 11.9. The van der Waals surface area contributed by atoms with Gasteiger partial charge >= 0.3 is 0 Å². The lowest BCUT2D eigenvalue weighted by molar-refractivity contribution is -0.384. The second kappa shape index (κ2) is 13.0. The number of nitrogens with one attached hydrogen (secondary N) is 1. The smallest absolute Gasteiger partial charge is 0.271 e. The van der Waals surface area contributed by atoms with Gasteiger partial charge in [0.1, 0.15) is 24.0 Å². The molecule has 1 N–H and O–H groups in total. The number of amides is 2. The van der Waals surface area contributed by atoms with Crippen molar-refractivity contribution >= 4 is 33.2 Å². The minimum absolute atomic E-state index is 0.0417. The summed E-state index contributed by atoms with van der Waals surface area (Å²) in [6, 6.07) is 11.5. The number of sulfonamides is 1. The minimum atomic E-state index is -4.09. The van der Waals surface area contributed by atoms with Crippen molar-refractivity contribution in [2.75, 3.05) is 24.2 Å². The topological polar surface area (TPSA) is 139 Å². The van der Waals surface area contributed by atoms with Crippen LogP contribution in [0.15, 0.2) is 48.5 Å². The number of nitrogens with zero attached hydrogens (tertiary/aromatic N) is 3. The summed E-state index contributed by atoms with van der Waals surface area (Å²) in [5.41, 5.74) is 0.242. The maximum atomic E-state index is 13.7. The van der Waals surface area contributed by atoms with Crippen LogP contribution >= 0.6 is 0 Å². The zero-order chi connectivity index (χ0) is 27.8. The monoisotopic (exact) mass is 534 g/mol. The predicted molar refractivity (Wildman–Crippen MR) is 141 cm³/mol. The van der Waals surface area contributed by atoms with Crippen LogP contribution in [0.1, 0.15) is 39.2 Å². The van der Waals surface area contributed by atoms with Gasteiger partial charge in [-0.2, -0.15) is 0 Å². The molecule has 0 spiro atoms. The number of rotatable bonds is 13. The number of carbonyl (C=O) groups is 2. The molecule has 0 fully saturated rings. The number of nitro groups is 1. The second-order valence-electron chi connectivity index (χ2n) is 8.63. The van der Waals surface area contributed by atoms with Crippen molar-refractivity contribution in [3.05, 3.63) is 64.2 Å². The SMILES string of the molecule is CC[C@H](C)NC(=O)[C@H](CC)N(Cc1ccccc1)C(=O)CN(c1cc([N+](=O)[O-])ccc1OC)S(C)(=O)=O. The van der Waals surface area contributed by atoms with Crippen molar-refractivity contribution in [2.24, 2.45) is 0 Å². The molecule has 2 atom stereocenters. The Morgan fingerprint density at radius 2 is 1.76 bits per heavy atom. The van der Waals surface area contributed by atoms with Gasteiger partial charge in [-0.15, -0.1) is 0 Å². The van der Waals surface area contributed by atoms with Crippen LogP contribution < -0.4 is 14.4 Å². The fraction of sp³-hybridized carbons (Fsp3) is 0.440. The molecule has 0 aliphatic rings. The van der Waals surface area contributed by atoms with Crippen LogP contribution in [0.4, 0.5) is 11.4 Å². The highest BCUT2D eigenvalue weighted by Crippen LogP contribution is 2.34. The number of nitro benzene ring substituents is 1. The summed E-state index contributed by atoms with van der Waals surface area (Å²) in [5.74, 6) is -0.950. The Morgan fingerprint density at radius 1 is 1.11 bits per heavy atom. The number of hydrogen-bond donors (Lipinski definition) is 1. The molecule has 0 aromatic heterocycles. The van der Waals surface area contributed by atoms with Gasteiger partial charge < -0.3 is 15.0 Å². The molecule has 2 aromatic rings. The number of methoxy groups -OCH3 is 1. The molecule has 0 aliphatic heterocycles. The van der Waals surface area contributed by atoms with Crippen LogP contribution in [0.3, 0.4) is 0 Å². The van der Waals surface area contributed by atoms with Crippen molar-refractivity contribution < 1.29 is 27.7 Å². The van der Waals surface area contributed by atoms with E-state index in [2.05, 4.69) is 5.32 Å². The Labute approximate surface area is 217 Å². The van der Waals surface area contributed by atoms with E-state index in [0.717, 1.165) is 22.2 Å². The molecule has 0 saturated heterocycles. The van der Waals surface area contributed by atoms with E-state index in [1.54, 1.807) is 31.2 Å². The zero-order valence-corrected chi connectivity index (χ0v) is 22.5. The number of carbonyl (C=O) groups excluding carboxylic acids is 2. The largest absolute Gasteiger partial charge is 0.495 e. The van der Waals surface area contributed by atoms with E-state index >= 15 is 0 Å². The quantitative estimate of drug-likeness (QED) is 0.308. The van der Waals surface area contributed by atoms with Crippen molar-refractivity contribution in [3.8, 4) is 5.75 Å². The van der Waals surface area contributed by atoms with Crippen molar-refractivity contribution in [3.63, 3.8) is 0 Å². The molecule has 0 unspecified atom stereocenters. The van der Waals surface area contributed by atoms with Crippen LogP contribution in [0, 0.1) is 10.1 Å². The second-order valence-corrected chi connectivity index (χ2v) is 10.5. The average Bonchev–Trinajstić information content (AvgIpc) is 2.86. The van der Waals surface area contributed by atoms with Gasteiger partial charge in [0.15, 0.2) is 0 Å². The fourth-order valence-corrected chi connectivity index (χ4v) is 4.57. The number of anilines is 1. The number of ether oxygens (including phenoxy) is 1. The highest BCUT2D eigenvalue weighted by molar-refractivity contribution is 7.92. The van der Waals surface area contributed by atoms with E-state index in [9.17, 15) is 28.1 Å². The van der Waals surface area contributed by atoms with Crippen LogP contribution in [-0.4, -0.2) is 62.0 Å². The minimum Gasteiger partial charge on any atom is -0.495 e. The van der Waals surface area contributed by atoms with E-state index in [0.29, 0.717) is 12.8 Å². The summed E-state index contributed by atoms with van der Waals surface area (Å²) < 4.78 is 31.6. The van der Waals surface area contributed by atoms with E-state index in [-0.39, 0.29) is 35.6 Å². The van der Waals surface area contributed by atoms with Gasteiger partial charge in [0.25, 0.3) is 5.69 Å². The Balaban J connectivity index is 2.54. The molecular formula is C25H34N4O7S. The van der Waals surface area contributed by atoms with Gasteiger partial charge in [-0.25, -0.2) is 8.42 Å². The highest BCUT2D eigenvalue weighted by atomic mass is 32.2. The summed E-state index contributed by atoms with van der Waals surface area (Å²) in [6.07, 6.45) is 1.89. The van der Waals surface area contributed by atoms with E-state index in [1.165, 1.54) is 24.1 Å². The number of hydrogen-bond acceptors (Lipinski definition) is 7. The number of benzene rings is 2. The molecule has 202 valence electrons. The van der Waals surface area contributed by atoms with Crippen molar-refractivity contribution in [1.82, 2.24) is 10.2 Å². The fourth-order valence-electron chi connectivity index (χ4n) is 3.72. The summed E-state index contributed by atoms with van der Waals surface area (Å²) in [4.78, 5) is 38.9. The Bertz CT molecular complexity index is 1200. The first-order valence-corrected chi connectivity index (χ1v) is 13.7. The lowest BCUT2D eigenvalue weighted by Crippen LogP contribution is -2.53. The third kappa shape index (κ3) is 7.91. The van der Waals surface area contributed by atoms with E-state index in [4.69, 9.17) is 4.74 Å². The molecule has 0 radical (unpaired) electrons. The molecule has 2 amide bonds. The van der Waals surface area contributed by atoms with Crippen molar-refractivity contribution in [1.29, 1.82) is 0 Å². The first-order chi connectivity index (χ1) is 17.4. The van der Waals surface area contributed by atoms with Gasteiger partial charge in [-0.1, -0.05) is 44.2 Å².